The molecule has 0 amide bonds. The highest BCUT2D eigenvalue weighted by molar-refractivity contribution is 7.99. The molecule has 0 saturated heterocycles. The fourth-order valence-electron chi connectivity index (χ4n) is 1.64. The van der Waals surface area contributed by atoms with Gasteiger partial charge in [-0.3, -0.25) is 0 Å². The zero-order valence-corrected chi connectivity index (χ0v) is 13.4. The van der Waals surface area contributed by atoms with Crippen molar-refractivity contribution in [3.05, 3.63) is 48.2 Å². The largest absolute Gasteiger partial charge is 0.465 e. The number of methoxy groups -OCH3 is 1. The summed E-state index contributed by atoms with van der Waals surface area (Å²) < 4.78 is 4.70. The Hall–Kier alpha value is -2.05. The molecule has 0 fully saturated rings. The third kappa shape index (κ3) is 4.47. The molecule has 22 heavy (non-hydrogen) atoms. The molecule has 2 N–H and O–H groups in total. The van der Waals surface area contributed by atoms with E-state index in [1.54, 1.807) is 18.3 Å². The Kier molecular flexibility index (Phi) is 5.80. The van der Waals surface area contributed by atoms with Gasteiger partial charge in [0.25, 0.3) is 0 Å². The third-order valence-corrected chi connectivity index (χ3v) is 3.80. The van der Waals surface area contributed by atoms with Gasteiger partial charge in [-0.2, -0.15) is 0 Å². The molecule has 0 aliphatic rings. The van der Waals surface area contributed by atoms with Gasteiger partial charge in [-0.05, 0) is 30.3 Å². The average Bonchev–Trinajstić information content (AvgIpc) is 2.54. The van der Waals surface area contributed by atoms with E-state index < -0.39 is 5.97 Å². The molecule has 1 heterocycles. The van der Waals surface area contributed by atoms with Gasteiger partial charge in [-0.15, -0.1) is 11.6 Å². The molecule has 0 spiro atoms. The van der Waals surface area contributed by atoms with E-state index in [2.05, 4.69) is 9.98 Å². The number of carbonyl (C=O) groups is 1. The number of pyridine rings is 1. The molecule has 0 aliphatic heterocycles. The highest BCUT2D eigenvalue weighted by atomic mass is 35.5. The highest BCUT2D eigenvalue weighted by Crippen LogP contribution is 2.29. The summed E-state index contributed by atoms with van der Waals surface area (Å²) in [6.07, 6.45) is 1.57. The summed E-state index contributed by atoms with van der Waals surface area (Å²) in [4.78, 5) is 20.9. The summed E-state index contributed by atoms with van der Waals surface area (Å²) >= 11 is 7.03. The molecule has 7 heteroatoms. The van der Waals surface area contributed by atoms with Crippen LogP contribution in [0.15, 0.2) is 57.5 Å². The number of carbonyl (C=O) groups excluding carboxylic acids is 1. The lowest BCUT2D eigenvalue weighted by atomic mass is 10.3. The Morgan fingerprint density at radius 1 is 1.41 bits per heavy atom. The number of nitrogens with zero attached hydrogens (tertiary/aromatic N) is 2. The number of hydrogen-bond donors (Lipinski definition) is 1. The Balaban J connectivity index is 2.21. The quantitative estimate of drug-likeness (QED) is 0.393. The number of amidine groups is 1. The smallest absolute Gasteiger partial charge is 0.337 e. The molecule has 0 atom stereocenters. The SMILES string of the molecule is COC(=O)c1ccnc(Sc2cccc(N=C(N)CCl)c2)c1. The van der Waals surface area contributed by atoms with Gasteiger partial charge in [0.1, 0.15) is 10.9 Å². The molecular weight excluding hydrogens is 322 g/mol. The normalized spacial score (nSPS) is 11.3. The maximum Gasteiger partial charge on any atom is 0.337 e. The van der Waals surface area contributed by atoms with Crippen LogP contribution in [-0.4, -0.2) is 29.8 Å². The first-order chi connectivity index (χ1) is 10.6. The minimum absolute atomic E-state index is 0.181. The molecule has 1 aromatic carbocycles. The number of ether oxygens (including phenoxy) is 1. The first-order valence-electron chi connectivity index (χ1n) is 6.33. The minimum Gasteiger partial charge on any atom is -0.465 e. The van der Waals surface area contributed by atoms with Crippen LogP contribution in [0, 0.1) is 0 Å². The summed E-state index contributed by atoms with van der Waals surface area (Å²) in [5.74, 6) is 0.146. The molecule has 5 nitrogen and oxygen atoms in total. The van der Waals surface area contributed by atoms with Crippen LogP contribution in [-0.2, 0) is 4.74 Å². The van der Waals surface area contributed by atoms with Gasteiger partial charge < -0.3 is 10.5 Å². The zero-order chi connectivity index (χ0) is 15.9. The number of benzene rings is 1. The number of hydrogen-bond acceptors (Lipinski definition) is 5. The molecular formula is C15H14ClN3O2S. The molecule has 2 aromatic rings. The number of halogens is 1. The minimum atomic E-state index is -0.391. The lowest BCUT2D eigenvalue weighted by molar-refractivity contribution is 0.0600. The van der Waals surface area contributed by atoms with Crippen molar-refractivity contribution >= 4 is 40.9 Å². The summed E-state index contributed by atoms with van der Waals surface area (Å²) in [5.41, 5.74) is 6.80. The van der Waals surface area contributed by atoms with Gasteiger partial charge in [0.15, 0.2) is 0 Å². The van der Waals surface area contributed by atoms with E-state index in [9.17, 15) is 4.79 Å². The van der Waals surface area contributed by atoms with Crippen molar-refractivity contribution in [1.29, 1.82) is 0 Å². The van der Waals surface area contributed by atoms with Gasteiger partial charge in [-0.25, -0.2) is 14.8 Å². The Bertz CT molecular complexity index is 707. The van der Waals surface area contributed by atoms with E-state index in [4.69, 9.17) is 22.1 Å². The topological polar surface area (TPSA) is 77.6 Å². The highest BCUT2D eigenvalue weighted by Gasteiger charge is 2.07. The summed E-state index contributed by atoms with van der Waals surface area (Å²) in [7, 11) is 1.35. The number of alkyl halides is 1. The molecule has 2 rings (SSSR count). The van der Waals surface area contributed by atoms with E-state index >= 15 is 0 Å². The third-order valence-electron chi connectivity index (χ3n) is 2.61. The Morgan fingerprint density at radius 2 is 2.23 bits per heavy atom. The lowest BCUT2D eigenvalue weighted by Gasteiger charge is -2.04. The molecule has 0 unspecified atom stereocenters. The van der Waals surface area contributed by atoms with Gasteiger partial charge in [0, 0.05) is 11.1 Å². The number of esters is 1. The fourth-order valence-corrected chi connectivity index (χ4v) is 2.57. The maximum atomic E-state index is 11.5. The van der Waals surface area contributed by atoms with Crippen molar-refractivity contribution < 1.29 is 9.53 Å². The van der Waals surface area contributed by atoms with Crippen molar-refractivity contribution in [2.24, 2.45) is 10.7 Å². The molecule has 0 aliphatic carbocycles. The van der Waals surface area contributed by atoms with E-state index in [0.29, 0.717) is 22.1 Å². The second-order valence-corrected chi connectivity index (χ2v) is 5.57. The standard InChI is InChI=1S/C15H14ClN3O2S/c1-21-15(20)10-5-6-18-14(7-10)22-12-4-2-3-11(8-12)19-13(17)9-16/h2-8H,9H2,1H3,(H2,17,19). The van der Waals surface area contributed by atoms with Crippen LogP contribution >= 0.6 is 23.4 Å². The van der Waals surface area contributed by atoms with Crippen molar-refractivity contribution in [2.75, 3.05) is 13.0 Å². The van der Waals surface area contributed by atoms with Gasteiger partial charge >= 0.3 is 5.97 Å². The van der Waals surface area contributed by atoms with Crippen LogP contribution in [0.3, 0.4) is 0 Å². The molecule has 0 radical (unpaired) electrons. The van der Waals surface area contributed by atoms with Gasteiger partial charge in [0.05, 0.1) is 24.2 Å². The van der Waals surface area contributed by atoms with Crippen LogP contribution in [0.4, 0.5) is 5.69 Å². The maximum absolute atomic E-state index is 11.5. The number of aromatic nitrogens is 1. The van der Waals surface area contributed by atoms with Crippen molar-refractivity contribution in [1.82, 2.24) is 4.98 Å². The van der Waals surface area contributed by atoms with Crippen LogP contribution < -0.4 is 5.73 Å². The molecule has 0 bridgehead atoms. The number of rotatable bonds is 5. The van der Waals surface area contributed by atoms with Gasteiger partial charge in [-0.1, -0.05) is 17.8 Å². The van der Waals surface area contributed by atoms with Crippen LogP contribution in [0.5, 0.6) is 0 Å². The average molecular weight is 336 g/mol. The van der Waals surface area contributed by atoms with Gasteiger partial charge in [0.2, 0.25) is 0 Å². The van der Waals surface area contributed by atoms with E-state index in [1.807, 2.05) is 24.3 Å². The predicted octanol–water partition coefficient (Wildman–Crippen LogP) is 3.25. The van der Waals surface area contributed by atoms with E-state index in [1.165, 1.54) is 18.9 Å². The molecule has 114 valence electrons. The second-order valence-electron chi connectivity index (χ2n) is 4.21. The summed E-state index contributed by atoms with van der Waals surface area (Å²) in [6.45, 7) is 0. The van der Waals surface area contributed by atoms with Crippen molar-refractivity contribution in [3.8, 4) is 0 Å². The van der Waals surface area contributed by atoms with Crippen LogP contribution in [0.25, 0.3) is 0 Å². The second kappa shape index (κ2) is 7.82. The number of aliphatic imine (C=N–C) groups is 1. The van der Waals surface area contributed by atoms with E-state index in [-0.39, 0.29) is 5.88 Å². The first-order valence-corrected chi connectivity index (χ1v) is 7.68. The lowest BCUT2D eigenvalue weighted by Crippen LogP contribution is -2.12. The Morgan fingerprint density at radius 3 is 2.95 bits per heavy atom. The van der Waals surface area contributed by atoms with Crippen LogP contribution in [0.1, 0.15) is 10.4 Å². The Labute approximate surface area is 137 Å². The monoisotopic (exact) mass is 335 g/mol. The summed E-state index contributed by atoms with van der Waals surface area (Å²) in [5, 5.41) is 0.689. The predicted molar refractivity (Wildman–Crippen MR) is 88.1 cm³/mol. The van der Waals surface area contributed by atoms with Crippen LogP contribution in [0.2, 0.25) is 0 Å². The molecule has 0 saturated carbocycles. The summed E-state index contributed by atoms with van der Waals surface area (Å²) in [6, 6.07) is 10.8. The number of nitrogens with two attached hydrogens (primary N) is 1. The first kappa shape index (κ1) is 16.3. The van der Waals surface area contributed by atoms with Crippen molar-refractivity contribution in [3.63, 3.8) is 0 Å². The van der Waals surface area contributed by atoms with Crippen molar-refractivity contribution in [2.45, 2.75) is 9.92 Å². The van der Waals surface area contributed by atoms with E-state index in [0.717, 1.165) is 4.90 Å². The fraction of sp³-hybridized carbons (Fsp3) is 0.133. The zero-order valence-electron chi connectivity index (χ0n) is 11.8. The molecule has 1 aromatic heterocycles.